The molecule has 0 bridgehead atoms. The van der Waals surface area contributed by atoms with Gasteiger partial charge in [0.2, 0.25) is 11.6 Å². The van der Waals surface area contributed by atoms with Crippen molar-refractivity contribution in [2.24, 2.45) is 0 Å². The van der Waals surface area contributed by atoms with E-state index in [1.54, 1.807) is 18.2 Å². The van der Waals surface area contributed by atoms with Crippen LogP contribution in [0.3, 0.4) is 0 Å². The molecule has 0 aromatic heterocycles. The lowest BCUT2D eigenvalue weighted by atomic mass is 10.0. The van der Waals surface area contributed by atoms with Crippen LogP contribution in [-0.4, -0.2) is 28.6 Å². The van der Waals surface area contributed by atoms with Crippen LogP contribution in [0.4, 0.5) is 0 Å². The van der Waals surface area contributed by atoms with Gasteiger partial charge in [0.05, 0.1) is 0 Å². The van der Waals surface area contributed by atoms with Gasteiger partial charge < -0.3 is 15.7 Å². The van der Waals surface area contributed by atoms with Crippen molar-refractivity contribution in [3.8, 4) is 12.3 Å². The maximum absolute atomic E-state index is 12.1. The smallest absolute Gasteiger partial charge is 0.350 e. The van der Waals surface area contributed by atoms with Gasteiger partial charge in [0.25, 0.3) is 5.91 Å². The SMILES string of the molecule is C#CCCC(NC(C)=O)(NC(=O)c1ccccc1)C(=O)O. The molecule has 0 saturated carbocycles. The number of amides is 2. The lowest BCUT2D eigenvalue weighted by Crippen LogP contribution is -2.65. The Morgan fingerprint density at radius 3 is 2.33 bits per heavy atom. The zero-order chi connectivity index (χ0) is 15.9. The van der Waals surface area contributed by atoms with E-state index in [1.165, 1.54) is 19.1 Å². The van der Waals surface area contributed by atoms with E-state index >= 15 is 0 Å². The number of carboxylic acid groups (broad SMARTS) is 1. The number of terminal acetylenes is 1. The maximum atomic E-state index is 12.1. The monoisotopic (exact) mass is 288 g/mol. The Hall–Kier alpha value is -2.81. The fourth-order valence-corrected chi connectivity index (χ4v) is 1.79. The van der Waals surface area contributed by atoms with Crippen molar-refractivity contribution < 1.29 is 19.5 Å². The van der Waals surface area contributed by atoms with Gasteiger partial charge in [-0.2, -0.15) is 0 Å². The predicted octanol–water partition coefficient (Wildman–Crippen LogP) is 0.747. The molecule has 1 atom stereocenters. The van der Waals surface area contributed by atoms with E-state index in [2.05, 4.69) is 16.6 Å². The molecule has 1 aromatic carbocycles. The van der Waals surface area contributed by atoms with Crippen LogP contribution < -0.4 is 10.6 Å². The van der Waals surface area contributed by atoms with Gasteiger partial charge in [-0.25, -0.2) is 4.79 Å². The highest BCUT2D eigenvalue weighted by Gasteiger charge is 2.40. The number of benzene rings is 1. The molecule has 2 amide bonds. The summed E-state index contributed by atoms with van der Waals surface area (Å²) in [4.78, 5) is 34.9. The van der Waals surface area contributed by atoms with E-state index in [-0.39, 0.29) is 18.4 Å². The summed E-state index contributed by atoms with van der Waals surface area (Å²) in [5, 5.41) is 14.0. The topological polar surface area (TPSA) is 95.5 Å². The predicted molar refractivity (Wildman–Crippen MR) is 76.2 cm³/mol. The molecule has 6 heteroatoms. The first-order chi connectivity index (χ1) is 9.91. The molecule has 0 aliphatic rings. The number of carboxylic acids is 1. The number of rotatable bonds is 6. The lowest BCUT2D eigenvalue weighted by molar-refractivity contribution is -0.149. The highest BCUT2D eigenvalue weighted by Crippen LogP contribution is 2.12. The van der Waals surface area contributed by atoms with E-state index in [9.17, 15) is 19.5 Å². The van der Waals surface area contributed by atoms with Crippen molar-refractivity contribution in [1.29, 1.82) is 0 Å². The van der Waals surface area contributed by atoms with Gasteiger partial charge in [-0.3, -0.25) is 9.59 Å². The minimum absolute atomic E-state index is 0.0850. The maximum Gasteiger partial charge on any atom is 0.350 e. The number of nitrogens with one attached hydrogen (secondary N) is 2. The van der Waals surface area contributed by atoms with Crippen LogP contribution in [-0.2, 0) is 9.59 Å². The van der Waals surface area contributed by atoms with E-state index in [4.69, 9.17) is 6.42 Å². The summed E-state index contributed by atoms with van der Waals surface area (Å²) in [6.45, 7) is 1.17. The molecular weight excluding hydrogens is 272 g/mol. The Kier molecular flexibility index (Phi) is 5.49. The largest absolute Gasteiger partial charge is 0.478 e. The zero-order valence-electron chi connectivity index (χ0n) is 11.6. The van der Waals surface area contributed by atoms with Crippen LogP contribution in [0.2, 0.25) is 0 Å². The quantitative estimate of drug-likeness (QED) is 0.531. The van der Waals surface area contributed by atoms with Crippen molar-refractivity contribution in [1.82, 2.24) is 10.6 Å². The number of hydrogen-bond acceptors (Lipinski definition) is 3. The first-order valence-corrected chi connectivity index (χ1v) is 6.24. The highest BCUT2D eigenvalue weighted by molar-refractivity contribution is 5.98. The summed E-state index contributed by atoms with van der Waals surface area (Å²) < 4.78 is 0. The van der Waals surface area contributed by atoms with Crippen molar-refractivity contribution in [2.75, 3.05) is 0 Å². The van der Waals surface area contributed by atoms with Crippen molar-refractivity contribution in [2.45, 2.75) is 25.4 Å². The molecule has 1 rings (SSSR count). The summed E-state index contributed by atoms with van der Waals surface area (Å²) in [5.41, 5.74) is -1.64. The van der Waals surface area contributed by atoms with Gasteiger partial charge in [0, 0.05) is 25.3 Å². The number of carbonyl (C=O) groups excluding carboxylic acids is 2. The van der Waals surface area contributed by atoms with Crippen LogP contribution in [0.25, 0.3) is 0 Å². The van der Waals surface area contributed by atoms with E-state index < -0.39 is 23.4 Å². The normalized spacial score (nSPS) is 12.6. The molecule has 110 valence electrons. The van der Waals surface area contributed by atoms with Crippen LogP contribution in [0.15, 0.2) is 30.3 Å². The minimum atomic E-state index is -1.93. The Balaban J connectivity index is 3.05. The Morgan fingerprint density at radius 1 is 1.24 bits per heavy atom. The summed E-state index contributed by atoms with van der Waals surface area (Å²) in [6.07, 6.45) is 5.11. The lowest BCUT2D eigenvalue weighted by Gasteiger charge is -2.30. The summed E-state index contributed by atoms with van der Waals surface area (Å²) in [7, 11) is 0. The van der Waals surface area contributed by atoms with Crippen LogP contribution >= 0.6 is 0 Å². The number of aliphatic carboxylic acids is 1. The molecule has 0 radical (unpaired) electrons. The van der Waals surface area contributed by atoms with Gasteiger partial charge in [-0.05, 0) is 12.1 Å². The first kappa shape index (κ1) is 16.2. The first-order valence-electron chi connectivity index (χ1n) is 6.24. The molecule has 0 spiro atoms. The van der Waals surface area contributed by atoms with E-state index in [0.29, 0.717) is 0 Å². The molecule has 21 heavy (non-hydrogen) atoms. The zero-order valence-corrected chi connectivity index (χ0v) is 11.6. The van der Waals surface area contributed by atoms with Gasteiger partial charge in [-0.1, -0.05) is 18.2 Å². The molecule has 6 nitrogen and oxygen atoms in total. The summed E-state index contributed by atoms with van der Waals surface area (Å²) in [5.74, 6) is -0.268. The number of carbonyl (C=O) groups is 3. The Labute approximate surface area is 122 Å². The fourth-order valence-electron chi connectivity index (χ4n) is 1.79. The second kappa shape index (κ2) is 7.10. The van der Waals surface area contributed by atoms with Gasteiger partial charge in [0.1, 0.15) is 0 Å². The molecule has 0 saturated heterocycles. The molecule has 0 aliphatic heterocycles. The molecular formula is C15H16N2O4. The minimum Gasteiger partial charge on any atom is -0.478 e. The fraction of sp³-hybridized carbons (Fsp3) is 0.267. The third-order valence-corrected chi connectivity index (χ3v) is 2.76. The van der Waals surface area contributed by atoms with E-state index in [1.807, 2.05) is 0 Å². The van der Waals surface area contributed by atoms with Gasteiger partial charge in [-0.15, -0.1) is 12.3 Å². The Morgan fingerprint density at radius 2 is 1.86 bits per heavy atom. The van der Waals surface area contributed by atoms with Gasteiger partial charge in [0.15, 0.2) is 0 Å². The third kappa shape index (κ3) is 4.35. The van der Waals surface area contributed by atoms with Crippen LogP contribution in [0.5, 0.6) is 0 Å². The van der Waals surface area contributed by atoms with Gasteiger partial charge >= 0.3 is 5.97 Å². The molecule has 1 aromatic rings. The average Bonchev–Trinajstić information content (AvgIpc) is 2.44. The molecule has 0 fully saturated rings. The second-order valence-corrected chi connectivity index (χ2v) is 4.42. The highest BCUT2D eigenvalue weighted by atomic mass is 16.4. The average molecular weight is 288 g/mol. The molecule has 3 N–H and O–H groups in total. The van der Waals surface area contributed by atoms with Crippen LogP contribution in [0.1, 0.15) is 30.1 Å². The molecule has 1 unspecified atom stereocenters. The summed E-state index contributed by atoms with van der Waals surface area (Å²) >= 11 is 0. The van der Waals surface area contributed by atoms with Crippen molar-refractivity contribution in [3.63, 3.8) is 0 Å². The third-order valence-electron chi connectivity index (χ3n) is 2.76. The standard InChI is InChI=1S/C15H16N2O4/c1-3-4-10-15(14(20)21,16-11(2)18)17-13(19)12-8-6-5-7-9-12/h1,5-9H,4,10H2,2H3,(H,16,18)(H,17,19)(H,20,21). The van der Waals surface area contributed by atoms with Crippen molar-refractivity contribution >= 4 is 17.8 Å². The van der Waals surface area contributed by atoms with Crippen molar-refractivity contribution in [3.05, 3.63) is 35.9 Å². The molecule has 0 heterocycles. The summed E-state index contributed by atoms with van der Waals surface area (Å²) in [6, 6.07) is 8.11. The second-order valence-electron chi connectivity index (χ2n) is 4.42. The van der Waals surface area contributed by atoms with E-state index in [0.717, 1.165) is 0 Å². The Bertz CT molecular complexity index is 577. The van der Waals surface area contributed by atoms with Crippen LogP contribution in [0, 0.1) is 12.3 Å². The molecule has 0 aliphatic carbocycles. The number of hydrogen-bond donors (Lipinski definition) is 3.